The molecule has 0 amide bonds. The average molecular weight is 228 g/mol. The molecule has 0 saturated heterocycles. The second-order valence-electron chi connectivity index (χ2n) is 2.97. The van der Waals surface area contributed by atoms with Crippen molar-refractivity contribution in [2.45, 2.75) is 0 Å². The van der Waals surface area contributed by atoms with Crippen LogP contribution >= 0.6 is 12.2 Å². The predicted molar refractivity (Wildman–Crippen MR) is 62.2 cm³/mol. The second kappa shape index (κ2) is 4.26. The molecule has 0 aromatic carbocycles. The standard InChI is InChI=1S/C8H12N4O2S/c1-9-7(15)10-5-4-6(13)12(3)8(14)11(5)2/h4H,1-3H3,(H2,9,10,15). The number of nitrogens with one attached hydrogen (secondary N) is 2. The molecule has 0 radical (unpaired) electrons. The van der Waals surface area contributed by atoms with Crippen LogP contribution < -0.4 is 21.9 Å². The van der Waals surface area contributed by atoms with Crippen LogP contribution in [-0.4, -0.2) is 21.3 Å². The monoisotopic (exact) mass is 228 g/mol. The zero-order chi connectivity index (χ0) is 11.6. The van der Waals surface area contributed by atoms with Crippen molar-refractivity contribution < 1.29 is 0 Å². The lowest BCUT2D eigenvalue weighted by molar-refractivity contribution is 0.693. The highest BCUT2D eigenvalue weighted by atomic mass is 32.1. The van der Waals surface area contributed by atoms with E-state index >= 15 is 0 Å². The molecule has 0 aliphatic rings. The number of hydrogen-bond donors (Lipinski definition) is 2. The first-order valence-corrected chi connectivity index (χ1v) is 4.64. The van der Waals surface area contributed by atoms with Crippen molar-refractivity contribution in [1.29, 1.82) is 0 Å². The van der Waals surface area contributed by atoms with Crippen LogP contribution in [-0.2, 0) is 14.1 Å². The van der Waals surface area contributed by atoms with Crippen LogP contribution in [0.2, 0.25) is 0 Å². The molecule has 0 aliphatic carbocycles. The van der Waals surface area contributed by atoms with Crippen molar-refractivity contribution in [1.82, 2.24) is 14.5 Å². The Labute approximate surface area is 91.5 Å². The highest BCUT2D eigenvalue weighted by molar-refractivity contribution is 7.80. The SMILES string of the molecule is CNC(=S)Nc1cc(=O)n(C)c(=O)n1C. The van der Waals surface area contributed by atoms with E-state index in [2.05, 4.69) is 10.6 Å². The van der Waals surface area contributed by atoms with Crippen molar-refractivity contribution in [3.63, 3.8) is 0 Å². The van der Waals surface area contributed by atoms with Crippen LogP contribution in [0.4, 0.5) is 5.82 Å². The van der Waals surface area contributed by atoms with Gasteiger partial charge in [0.2, 0.25) is 0 Å². The number of nitrogens with zero attached hydrogens (tertiary/aromatic N) is 2. The van der Waals surface area contributed by atoms with Gasteiger partial charge in [-0.25, -0.2) is 4.79 Å². The lowest BCUT2D eigenvalue weighted by Gasteiger charge is -2.11. The molecule has 0 spiro atoms. The fourth-order valence-corrected chi connectivity index (χ4v) is 1.14. The molecule has 1 heterocycles. The summed E-state index contributed by atoms with van der Waals surface area (Å²) < 4.78 is 2.33. The maximum atomic E-state index is 11.5. The number of rotatable bonds is 1. The average Bonchev–Trinajstić information content (AvgIpc) is 2.22. The summed E-state index contributed by atoms with van der Waals surface area (Å²) in [6, 6.07) is 1.31. The molecule has 0 bridgehead atoms. The molecule has 15 heavy (non-hydrogen) atoms. The maximum absolute atomic E-state index is 11.5. The Morgan fingerprint density at radius 2 is 1.93 bits per heavy atom. The Morgan fingerprint density at radius 3 is 2.47 bits per heavy atom. The minimum Gasteiger partial charge on any atom is -0.365 e. The number of anilines is 1. The number of thiocarbonyl (C=S) groups is 1. The van der Waals surface area contributed by atoms with Gasteiger partial charge in [0.1, 0.15) is 5.82 Å². The largest absolute Gasteiger partial charge is 0.365 e. The van der Waals surface area contributed by atoms with E-state index in [-0.39, 0.29) is 5.56 Å². The van der Waals surface area contributed by atoms with Crippen molar-refractivity contribution in [3.05, 3.63) is 26.9 Å². The van der Waals surface area contributed by atoms with Gasteiger partial charge < -0.3 is 10.6 Å². The van der Waals surface area contributed by atoms with Crippen molar-refractivity contribution >= 4 is 23.1 Å². The zero-order valence-corrected chi connectivity index (χ0v) is 9.51. The first-order valence-electron chi connectivity index (χ1n) is 4.23. The van der Waals surface area contributed by atoms with E-state index < -0.39 is 5.69 Å². The number of aromatic nitrogens is 2. The van der Waals surface area contributed by atoms with Gasteiger partial charge in [-0.15, -0.1) is 0 Å². The molecule has 7 heteroatoms. The van der Waals surface area contributed by atoms with E-state index in [0.29, 0.717) is 10.9 Å². The lowest BCUT2D eigenvalue weighted by Crippen LogP contribution is -2.39. The fourth-order valence-electron chi connectivity index (χ4n) is 1.03. The lowest BCUT2D eigenvalue weighted by atomic mass is 10.5. The van der Waals surface area contributed by atoms with Crippen LogP contribution in [0.1, 0.15) is 0 Å². The van der Waals surface area contributed by atoms with Gasteiger partial charge in [0, 0.05) is 27.2 Å². The van der Waals surface area contributed by atoms with Gasteiger partial charge in [0.25, 0.3) is 5.56 Å². The van der Waals surface area contributed by atoms with Crippen molar-refractivity contribution in [2.75, 3.05) is 12.4 Å². The molecule has 0 atom stereocenters. The predicted octanol–water partition coefficient (Wildman–Crippen LogP) is -1.000. The van der Waals surface area contributed by atoms with Gasteiger partial charge >= 0.3 is 5.69 Å². The fraction of sp³-hybridized carbons (Fsp3) is 0.375. The van der Waals surface area contributed by atoms with E-state index in [1.54, 1.807) is 14.1 Å². The van der Waals surface area contributed by atoms with E-state index in [1.807, 2.05) is 0 Å². The minimum atomic E-state index is -0.399. The zero-order valence-electron chi connectivity index (χ0n) is 8.70. The van der Waals surface area contributed by atoms with E-state index in [4.69, 9.17) is 12.2 Å². The summed E-state index contributed by atoms with van der Waals surface area (Å²) in [5, 5.41) is 5.77. The molecule has 1 rings (SSSR count). The van der Waals surface area contributed by atoms with Gasteiger partial charge in [0.05, 0.1) is 0 Å². The van der Waals surface area contributed by atoms with Gasteiger partial charge in [-0.05, 0) is 12.2 Å². The maximum Gasteiger partial charge on any atom is 0.332 e. The molecular weight excluding hydrogens is 216 g/mol. The molecule has 82 valence electrons. The van der Waals surface area contributed by atoms with E-state index in [0.717, 1.165) is 4.57 Å². The molecule has 0 unspecified atom stereocenters. The first kappa shape index (κ1) is 11.4. The second-order valence-corrected chi connectivity index (χ2v) is 3.38. The summed E-state index contributed by atoms with van der Waals surface area (Å²) in [6.07, 6.45) is 0. The van der Waals surface area contributed by atoms with Crippen LogP contribution in [0, 0.1) is 0 Å². The summed E-state index contributed by atoms with van der Waals surface area (Å²) in [5.41, 5.74) is -0.775. The Hall–Kier alpha value is -1.63. The first-order chi connectivity index (χ1) is 6.97. The Balaban J connectivity index is 3.27. The van der Waals surface area contributed by atoms with Crippen molar-refractivity contribution in [3.8, 4) is 0 Å². The Morgan fingerprint density at radius 1 is 1.33 bits per heavy atom. The molecular formula is C8H12N4O2S. The van der Waals surface area contributed by atoms with Crippen LogP contribution in [0.5, 0.6) is 0 Å². The molecule has 1 aromatic rings. The highest BCUT2D eigenvalue weighted by Gasteiger charge is 2.05. The van der Waals surface area contributed by atoms with Gasteiger partial charge in [-0.3, -0.25) is 13.9 Å². The summed E-state index contributed by atoms with van der Waals surface area (Å²) >= 11 is 4.87. The third-order valence-corrected chi connectivity index (χ3v) is 2.30. The molecule has 2 N–H and O–H groups in total. The van der Waals surface area contributed by atoms with Crippen LogP contribution in [0.25, 0.3) is 0 Å². The van der Waals surface area contributed by atoms with Crippen molar-refractivity contribution in [2.24, 2.45) is 14.1 Å². The summed E-state index contributed by atoms with van der Waals surface area (Å²) in [4.78, 5) is 22.8. The summed E-state index contributed by atoms with van der Waals surface area (Å²) in [6.45, 7) is 0. The number of hydrogen-bond acceptors (Lipinski definition) is 3. The topological polar surface area (TPSA) is 68.1 Å². The molecule has 0 saturated carbocycles. The van der Waals surface area contributed by atoms with Gasteiger partial charge in [-0.1, -0.05) is 0 Å². The van der Waals surface area contributed by atoms with E-state index in [1.165, 1.54) is 17.7 Å². The highest BCUT2D eigenvalue weighted by Crippen LogP contribution is 1.97. The normalized spacial score (nSPS) is 9.80. The molecule has 0 fully saturated rings. The van der Waals surface area contributed by atoms with Gasteiger partial charge in [-0.2, -0.15) is 0 Å². The Bertz CT molecular complexity index is 502. The van der Waals surface area contributed by atoms with Gasteiger partial charge in [0.15, 0.2) is 5.11 Å². The summed E-state index contributed by atoms with van der Waals surface area (Å²) in [5.74, 6) is 0.363. The Kier molecular flexibility index (Phi) is 3.25. The molecule has 1 aromatic heterocycles. The molecule has 6 nitrogen and oxygen atoms in total. The third-order valence-electron chi connectivity index (χ3n) is 1.99. The molecule has 0 aliphatic heterocycles. The minimum absolute atomic E-state index is 0.346. The summed E-state index contributed by atoms with van der Waals surface area (Å²) in [7, 11) is 4.63. The van der Waals surface area contributed by atoms with Crippen LogP contribution in [0.3, 0.4) is 0 Å². The van der Waals surface area contributed by atoms with Crippen LogP contribution in [0.15, 0.2) is 15.7 Å². The quantitative estimate of drug-likeness (QED) is 0.603. The smallest absolute Gasteiger partial charge is 0.332 e. The third kappa shape index (κ3) is 2.24. The van der Waals surface area contributed by atoms with E-state index in [9.17, 15) is 9.59 Å².